The summed E-state index contributed by atoms with van der Waals surface area (Å²) in [4.78, 5) is 0.779. The summed E-state index contributed by atoms with van der Waals surface area (Å²) in [5.41, 5.74) is 6.61. The van der Waals surface area contributed by atoms with Crippen molar-refractivity contribution in [1.29, 1.82) is 0 Å². The Kier molecular flexibility index (Phi) is 4.46. The Hall–Kier alpha value is -0.540. The zero-order valence-electron chi connectivity index (χ0n) is 10.3. The number of hydrogen-bond donors (Lipinski definition) is 1. The van der Waals surface area contributed by atoms with Crippen LogP contribution in [0.5, 0.6) is 0 Å². The minimum Gasteiger partial charge on any atom is -0.324 e. The lowest BCUT2D eigenvalue weighted by Gasteiger charge is -2.21. The van der Waals surface area contributed by atoms with Crippen LogP contribution in [-0.4, -0.2) is 5.25 Å². The monoisotopic (exact) mass is 253 g/mol. The number of rotatable bonds is 3. The van der Waals surface area contributed by atoms with Gasteiger partial charge in [0.1, 0.15) is 5.82 Å². The summed E-state index contributed by atoms with van der Waals surface area (Å²) in [7, 11) is 0. The SMILES string of the molecule is C[C@@H](N)c1ccc(SC2CCCCC2)c(F)c1. The Bertz CT molecular complexity index is 372. The van der Waals surface area contributed by atoms with Gasteiger partial charge in [-0.3, -0.25) is 0 Å². The summed E-state index contributed by atoms with van der Waals surface area (Å²) >= 11 is 1.70. The quantitative estimate of drug-likeness (QED) is 0.870. The van der Waals surface area contributed by atoms with Gasteiger partial charge < -0.3 is 5.73 Å². The molecule has 3 heteroatoms. The van der Waals surface area contributed by atoms with Crippen molar-refractivity contribution in [1.82, 2.24) is 0 Å². The van der Waals surface area contributed by atoms with E-state index in [1.807, 2.05) is 19.1 Å². The van der Waals surface area contributed by atoms with E-state index in [0.29, 0.717) is 5.25 Å². The van der Waals surface area contributed by atoms with Crippen molar-refractivity contribution in [2.75, 3.05) is 0 Å². The van der Waals surface area contributed by atoms with Crippen LogP contribution in [0.15, 0.2) is 23.1 Å². The average molecular weight is 253 g/mol. The molecule has 0 saturated heterocycles. The normalized spacial score (nSPS) is 19.2. The van der Waals surface area contributed by atoms with Gasteiger partial charge in [0.25, 0.3) is 0 Å². The molecule has 1 aromatic carbocycles. The van der Waals surface area contributed by atoms with E-state index < -0.39 is 0 Å². The van der Waals surface area contributed by atoms with Gasteiger partial charge in [-0.05, 0) is 37.5 Å². The van der Waals surface area contributed by atoms with Gasteiger partial charge in [-0.15, -0.1) is 11.8 Å². The van der Waals surface area contributed by atoms with Crippen LogP contribution in [0.2, 0.25) is 0 Å². The summed E-state index contributed by atoms with van der Waals surface area (Å²) < 4.78 is 13.9. The lowest BCUT2D eigenvalue weighted by molar-refractivity contribution is 0.514. The van der Waals surface area contributed by atoms with Gasteiger partial charge in [-0.1, -0.05) is 25.3 Å². The Morgan fingerprint density at radius 1 is 1.29 bits per heavy atom. The first-order chi connectivity index (χ1) is 8.16. The molecule has 0 bridgehead atoms. The van der Waals surface area contributed by atoms with Crippen LogP contribution in [0.4, 0.5) is 4.39 Å². The smallest absolute Gasteiger partial charge is 0.137 e. The van der Waals surface area contributed by atoms with Crippen LogP contribution >= 0.6 is 11.8 Å². The molecule has 2 rings (SSSR count). The fourth-order valence-electron chi connectivity index (χ4n) is 2.26. The maximum absolute atomic E-state index is 13.9. The predicted octanol–water partition coefficient (Wildman–Crippen LogP) is 4.27. The third kappa shape index (κ3) is 3.46. The van der Waals surface area contributed by atoms with Gasteiger partial charge in [-0.2, -0.15) is 0 Å². The second kappa shape index (κ2) is 5.87. The topological polar surface area (TPSA) is 26.0 Å². The standard InChI is InChI=1S/C14H20FNS/c1-10(16)11-7-8-14(13(15)9-11)17-12-5-3-2-4-6-12/h7-10,12H,2-6,16H2,1H3/t10-/m1/s1. The van der Waals surface area contributed by atoms with Crippen LogP contribution in [-0.2, 0) is 0 Å². The molecule has 1 aromatic rings. The number of halogens is 1. The Labute approximate surface area is 107 Å². The largest absolute Gasteiger partial charge is 0.324 e. The van der Waals surface area contributed by atoms with Gasteiger partial charge in [0.15, 0.2) is 0 Å². The van der Waals surface area contributed by atoms with E-state index in [4.69, 9.17) is 5.73 Å². The summed E-state index contributed by atoms with van der Waals surface area (Å²) in [6, 6.07) is 5.31. The van der Waals surface area contributed by atoms with Crippen molar-refractivity contribution in [3.63, 3.8) is 0 Å². The van der Waals surface area contributed by atoms with E-state index in [0.717, 1.165) is 10.5 Å². The molecule has 1 aliphatic carbocycles. The molecule has 1 aliphatic rings. The highest BCUT2D eigenvalue weighted by Gasteiger charge is 2.16. The summed E-state index contributed by atoms with van der Waals surface area (Å²) in [5.74, 6) is -0.115. The predicted molar refractivity (Wildman–Crippen MR) is 71.7 cm³/mol. The molecule has 2 N–H and O–H groups in total. The van der Waals surface area contributed by atoms with E-state index in [2.05, 4.69) is 0 Å². The van der Waals surface area contributed by atoms with Crippen LogP contribution in [0, 0.1) is 5.82 Å². The second-order valence-corrected chi connectivity index (χ2v) is 6.20. The van der Waals surface area contributed by atoms with Crippen molar-refractivity contribution in [3.05, 3.63) is 29.6 Å². The van der Waals surface area contributed by atoms with Crippen molar-refractivity contribution in [2.24, 2.45) is 5.73 Å². The molecule has 1 atom stereocenters. The van der Waals surface area contributed by atoms with Crippen LogP contribution < -0.4 is 5.73 Å². The molecule has 0 unspecified atom stereocenters. The van der Waals surface area contributed by atoms with Crippen molar-refractivity contribution in [3.8, 4) is 0 Å². The minimum absolute atomic E-state index is 0.0989. The van der Waals surface area contributed by atoms with Crippen molar-refractivity contribution >= 4 is 11.8 Å². The highest BCUT2D eigenvalue weighted by molar-refractivity contribution is 8.00. The van der Waals surface area contributed by atoms with Gasteiger partial charge in [0.2, 0.25) is 0 Å². The van der Waals surface area contributed by atoms with Gasteiger partial charge >= 0.3 is 0 Å². The number of benzene rings is 1. The zero-order valence-corrected chi connectivity index (χ0v) is 11.1. The molecule has 94 valence electrons. The van der Waals surface area contributed by atoms with E-state index in [1.54, 1.807) is 17.8 Å². The molecule has 0 radical (unpaired) electrons. The maximum Gasteiger partial charge on any atom is 0.137 e. The summed E-state index contributed by atoms with van der Waals surface area (Å²) in [6.07, 6.45) is 6.36. The van der Waals surface area contributed by atoms with E-state index in [-0.39, 0.29) is 11.9 Å². The van der Waals surface area contributed by atoms with Gasteiger partial charge in [0, 0.05) is 16.2 Å². The lowest BCUT2D eigenvalue weighted by Crippen LogP contribution is -2.09. The highest BCUT2D eigenvalue weighted by Crippen LogP contribution is 2.35. The molecule has 0 aliphatic heterocycles. The lowest BCUT2D eigenvalue weighted by atomic mass is 10.0. The minimum atomic E-state index is -0.115. The molecule has 0 amide bonds. The molecule has 17 heavy (non-hydrogen) atoms. The summed E-state index contributed by atoms with van der Waals surface area (Å²) in [6.45, 7) is 1.88. The number of thioether (sulfide) groups is 1. The first-order valence-corrected chi connectivity index (χ1v) is 7.26. The first-order valence-electron chi connectivity index (χ1n) is 6.38. The van der Waals surface area contributed by atoms with Gasteiger partial charge in [-0.25, -0.2) is 4.39 Å². The van der Waals surface area contributed by atoms with E-state index >= 15 is 0 Å². The summed E-state index contributed by atoms with van der Waals surface area (Å²) in [5, 5.41) is 0.597. The van der Waals surface area contributed by atoms with Crippen LogP contribution in [0.25, 0.3) is 0 Å². The Morgan fingerprint density at radius 3 is 2.59 bits per heavy atom. The van der Waals surface area contributed by atoms with Gasteiger partial charge in [0.05, 0.1) is 0 Å². The van der Waals surface area contributed by atoms with Crippen LogP contribution in [0.3, 0.4) is 0 Å². The average Bonchev–Trinajstić information content (AvgIpc) is 2.33. The molecule has 0 spiro atoms. The first kappa shape index (κ1) is 12.9. The molecule has 1 saturated carbocycles. The van der Waals surface area contributed by atoms with Crippen LogP contribution in [0.1, 0.15) is 50.6 Å². The molecule has 1 fully saturated rings. The third-order valence-electron chi connectivity index (χ3n) is 3.33. The highest BCUT2D eigenvalue weighted by atomic mass is 32.2. The van der Waals surface area contributed by atoms with Crippen molar-refractivity contribution < 1.29 is 4.39 Å². The van der Waals surface area contributed by atoms with Crippen molar-refractivity contribution in [2.45, 2.75) is 55.2 Å². The van der Waals surface area contributed by atoms with E-state index in [9.17, 15) is 4.39 Å². The number of hydrogen-bond acceptors (Lipinski definition) is 2. The fourth-order valence-corrected chi connectivity index (χ4v) is 3.50. The second-order valence-electron chi connectivity index (χ2n) is 4.86. The molecule has 1 nitrogen and oxygen atoms in total. The molecular weight excluding hydrogens is 233 g/mol. The molecule has 0 aromatic heterocycles. The van der Waals surface area contributed by atoms with E-state index in [1.165, 1.54) is 32.1 Å². The molecule has 0 heterocycles. The fraction of sp³-hybridized carbons (Fsp3) is 0.571. The zero-order chi connectivity index (χ0) is 12.3. The third-order valence-corrected chi connectivity index (χ3v) is 4.72. The maximum atomic E-state index is 13.9. The number of nitrogens with two attached hydrogens (primary N) is 1. The Balaban J connectivity index is 2.05. The Morgan fingerprint density at radius 2 is 2.00 bits per heavy atom. The molecular formula is C14H20FNS.